The zero-order valence-electron chi connectivity index (χ0n) is 15.7. The molecule has 6 rings (SSSR count). The summed E-state index contributed by atoms with van der Waals surface area (Å²) >= 11 is 0. The average molecular weight is 377 g/mol. The number of nitrogens with zero attached hydrogens (tertiary/aromatic N) is 1. The summed E-state index contributed by atoms with van der Waals surface area (Å²) in [5, 5.41) is 6.55. The van der Waals surface area contributed by atoms with Gasteiger partial charge in [0, 0.05) is 42.8 Å². The van der Waals surface area contributed by atoms with E-state index in [1.54, 1.807) is 6.07 Å². The van der Waals surface area contributed by atoms with Gasteiger partial charge < -0.3 is 25.0 Å². The quantitative estimate of drug-likeness (QED) is 0.860. The van der Waals surface area contributed by atoms with Crippen LogP contribution in [-0.2, 0) is 0 Å². The molecule has 0 aliphatic carbocycles. The maximum absolute atomic E-state index is 12.7. The van der Waals surface area contributed by atoms with Crippen LogP contribution in [0, 0.1) is 0 Å². The van der Waals surface area contributed by atoms with Crippen LogP contribution in [0.4, 0.5) is 10.5 Å². The molecule has 0 radical (unpaired) electrons. The van der Waals surface area contributed by atoms with Crippen molar-refractivity contribution in [2.24, 2.45) is 0 Å². The molecule has 0 aromatic heterocycles. The zero-order chi connectivity index (χ0) is 19.1. The van der Waals surface area contributed by atoms with Gasteiger partial charge in [0.15, 0.2) is 11.5 Å². The van der Waals surface area contributed by atoms with Gasteiger partial charge in [0.2, 0.25) is 6.79 Å². The molecule has 3 fully saturated rings. The number of fused-ring (bicyclic) bond motifs is 3. The number of hydrogen-bond acceptors (Lipinski definition) is 4. The van der Waals surface area contributed by atoms with Gasteiger partial charge in [-0.3, -0.25) is 0 Å². The number of anilines is 1. The summed E-state index contributed by atoms with van der Waals surface area (Å²) in [6.07, 6.45) is 4.15. The van der Waals surface area contributed by atoms with Crippen molar-refractivity contribution in [3.05, 3.63) is 59.7 Å². The summed E-state index contributed by atoms with van der Waals surface area (Å²) in [6.45, 7) is 3.66. The van der Waals surface area contributed by atoms with E-state index in [1.165, 1.54) is 11.1 Å². The van der Waals surface area contributed by atoms with Gasteiger partial charge >= 0.3 is 6.03 Å². The van der Waals surface area contributed by atoms with Gasteiger partial charge in [-0.05, 0) is 30.2 Å². The van der Waals surface area contributed by atoms with Crippen LogP contribution in [0.5, 0.6) is 11.5 Å². The first kappa shape index (κ1) is 17.1. The molecule has 4 aliphatic heterocycles. The summed E-state index contributed by atoms with van der Waals surface area (Å²) in [5.41, 5.74) is 3.28. The maximum atomic E-state index is 12.7. The first-order chi connectivity index (χ1) is 13.7. The second-order valence-corrected chi connectivity index (χ2v) is 7.48. The first-order valence-electron chi connectivity index (χ1n) is 9.65. The van der Waals surface area contributed by atoms with Gasteiger partial charge in [-0.15, -0.1) is 0 Å². The third-order valence-corrected chi connectivity index (χ3v) is 5.72. The Labute approximate surface area is 164 Å². The molecule has 144 valence electrons. The average Bonchev–Trinajstić information content (AvgIpc) is 3.17. The molecule has 2 aromatic carbocycles. The van der Waals surface area contributed by atoms with E-state index in [4.69, 9.17) is 9.47 Å². The number of hydrogen-bond donors (Lipinski definition) is 2. The van der Waals surface area contributed by atoms with Crippen LogP contribution in [0.1, 0.15) is 24.0 Å². The van der Waals surface area contributed by atoms with Crippen molar-refractivity contribution in [3.63, 3.8) is 0 Å². The highest BCUT2D eigenvalue weighted by Crippen LogP contribution is 2.38. The van der Waals surface area contributed by atoms with Crippen molar-refractivity contribution in [2.45, 2.75) is 24.9 Å². The second kappa shape index (κ2) is 6.87. The second-order valence-electron chi connectivity index (χ2n) is 7.48. The number of benzene rings is 2. The van der Waals surface area contributed by atoms with E-state index in [2.05, 4.69) is 41.0 Å². The van der Waals surface area contributed by atoms with E-state index in [1.807, 2.05) is 30.0 Å². The van der Waals surface area contributed by atoms with Gasteiger partial charge in [-0.1, -0.05) is 36.4 Å². The zero-order valence-corrected chi connectivity index (χ0v) is 15.7. The van der Waals surface area contributed by atoms with Crippen LogP contribution in [0.3, 0.4) is 0 Å². The minimum absolute atomic E-state index is 0.0720. The summed E-state index contributed by atoms with van der Waals surface area (Å²) in [5.74, 6) is 1.85. The predicted octanol–water partition coefficient (Wildman–Crippen LogP) is 3.42. The van der Waals surface area contributed by atoms with Crippen molar-refractivity contribution in [1.29, 1.82) is 0 Å². The van der Waals surface area contributed by atoms with E-state index < -0.39 is 0 Å². The smallest absolute Gasteiger partial charge is 0.321 e. The van der Waals surface area contributed by atoms with Gasteiger partial charge in [0.25, 0.3) is 0 Å². The lowest BCUT2D eigenvalue weighted by atomic mass is 9.74. The largest absolute Gasteiger partial charge is 0.454 e. The molecule has 3 saturated heterocycles. The number of carbonyl (C=O) groups is 1. The summed E-state index contributed by atoms with van der Waals surface area (Å²) in [7, 11) is 0. The summed E-state index contributed by atoms with van der Waals surface area (Å²) in [4.78, 5) is 14.6. The van der Waals surface area contributed by atoms with Crippen molar-refractivity contribution in [2.75, 3.05) is 25.2 Å². The molecule has 6 heteroatoms. The Morgan fingerprint density at radius 2 is 1.86 bits per heavy atom. The van der Waals surface area contributed by atoms with Gasteiger partial charge in [-0.2, -0.15) is 0 Å². The topological polar surface area (TPSA) is 62.8 Å². The van der Waals surface area contributed by atoms with E-state index in [0.717, 1.165) is 5.69 Å². The molecule has 4 heterocycles. The van der Waals surface area contributed by atoms with Gasteiger partial charge in [0.05, 0.1) is 0 Å². The lowest BCUT2D eigenvalue weighted by Gasteiger charge is -2.54. The van der Waals surface area contributed by atoms with Crippen LogP contribution in [0.25, 0.3) is 6.08 Å². The maximum Gasteiger partial charge on any atom is 0.321 e. The van der Waals surface area contributed by atoms with Crippen molar-refractivity contribution >= 4 is 17.8 Å². The number of amides is 2. The highest BCUT2D eigenvalue weighted by Gasteiger charge is 2.48. The van der Waals surface area contributed by atoms with Crippen LogP contribution in [0.2, 0.25) is 0 Å². The lowest BCUT2D eigenvalue weighted by Crippen LogP contribution is -2.72. The summed E-state index contributed by atoms with van der Waals surface area (Å²) < 4.78 is 10.7. The van der Waals surface area contributed by atoms with E-state index in [0.29, 0.717) is 42.6 Å². The number of rotatable bonds is 3. The number of ether oxygens (including phenoxy) is 2. The van der Waals surface area contributed by atoms with Gasteiger partial charge in [-0.25, -0.2) is 4.79 Å². The molecule has 6 nitrogen and oxygen atoms in total. The fraction of sp³-hybridized carbons (Fsp3) is 0.318. The molecule has 2 amide bonds. The first-order valence-corrected chi connectivity index (χ1v) is 9.65. The minimum atomic E-state index is -0.0720. The molecule has 2 bridgehead atoms. The number of nitrogens with one attached hydrogen (secondary N) is 2. The third-order valence-electron chi connectivity index (χ3n) is 5.72. The summed E-state index contributed by atoms with van der Waals surface area (Å²) in [6, 6.07) is 14.7. The van der Waals surface area contributed by atoms with Crippen molar-refractivity contribution < 1.29 is 14.3 Å². The molecular weight excluding hydrogens is 354 g/mol. The van der Waals surface area contributed by atoms with E-state index in [-0.39, 0.29) is 12.8 Å². The van der Waals surface area contributed by atoms with E-state index in [9.17, 15) is 4.79 Å². The number of piperazine rings is 1. The van der Waals surface area contributed by atoms with Crippen LogP contribution >= 0.6 is 0 Å². The Hall–Kier alpha value is -2.99. The fourth-order valence-corrected chi connectivity index (χ4v) is 4.36. The lowest BCUT2D eigenvalue weighted by molar-refractivity contribution is 0.0759. The molecule has 1 unspecified atom stereocenters. The van der Waals surface area contributed by atoms with Crippen LogP contribution < -0.4 is 20.1 Å². The Balaban J connectivity index is 1.22. The molecule has 0 saturated carbocycles. The SMILES string of the molecule is CC=Cc1ccc(C2[C@@H]3CN(C(=O)Nc4ccc5c(c4)OCO5)C[C@H]2N3)cc1. The number of urea groups is 1. The van der Waals surface area contributed by atoms with Crippen LogP contribution in [0.15, 0.2) is 48.5 Å². The minimum Gasteiger partial charge on any atom is -0.454 e. The molecular formula is C22H23N3O3. The fourth-order valence-electron chi connectivity index (χ4n) is 4.36. The number of allylic oxidation sites excluding steroid dienone is 1. The monoisotopic (exact) mass is 377 g/mol. The third kappa shape index (κ3) is 2.99. The highest BCUT2D eigenvalue weighted by atomic mass is 16.7. The Bertz CT molecular complexity index is 913. The molecule has 4 aliphatic rings. The normalized spacial score (nSPS) is 24.9. The highest BCUT2D eigenvalue weighted by molar-refractivity contribution is 5.90. The van der Waals surface area contributed by atoms with E-state index >= 15 is 0 Å². The Kier molecular flexibility index (Phi) is 4.20. The molecule has 0 spiro atoms. The van der Waals surface area contributed by atoms with Crippen molar-refractivity contribution in [1.82, 2.24) is 10.2 Å². The predicted molar refractivity (Wildman–Crippen MR) is 108 cm³/mol. The molecule has 3 atom stereocenters. The number of piperidine rings is 1. The van der Waals surface area contributed by atoms with Gasteiger partial charge in [0.1, 0.15) is 0 Å². The molecule has 2 aromatic rings. The van der Waals surface area contributed by atoms with Crippen molar-refractivity contribution in [3.8, 4) is 11.5 Å². The molecule has 2 N–H and O–H groups in total. The van der Waals surface area contributed by atoms with Crippen LogP contribution in [-0.4, -0.2) is 42.9 Å². The Morgan fingerprint density at radius 3 is 2.61 bits per heavy atom. The standard InChI is InChI=1S/C22H23N3O3/c1-2-3-14-4-6-15(7-5-14)21-17-11-25(12-18(21)24-17)22(26)23-16-8-9-19-20(10-16)28-13-27-19/h2-10,17-18,21,24H,11-13H2,1H3,(H,23,26)/t17-,18+,21?. The number of carbonyl (C=O) groups excluding carboxylic acids is 1. The Morgan fingerprint density at radius 1 is 1.11 bits per heavy atom. The molecule has 28 heavy (non-hydrogen) atoms.